The third kappa shape index (κ3) is 2.73. The van der Waals surface area contributed by atoms with Gasteiger partial charge >= 0.3 is 0 Å². The lowest BCUT2D eigenvalue weighted by molar-refractivity contribution is 0.0928. The molecule has 1 aliphatic rings. The van der Waals surface area contributed by atoms with Crippen LogP contribution >= 0.6 is 0 Å². The fourth-order valence-corrected chi connectivity index (χ4v) is 3.39. The van der Waals surface area contributed by atoms with Crippen molar-refractivity contribution in [2.75, 3.05) is 0 Å². The van der Waals surface area contributed by atoms with Gasteiger partial charge in [-0.2, -0.15) is 0 Å². The maximum Gasteiger partial charge on any atom is 0.268 e. The van der Waals surface area contributed by atoms with Crippen LogP contribution in [0.15, 0.2) is 53.1 Å². The van der Waals surface area contributed by atoms with E-state index in [1.54, 1.807) is 6.26 Å². The summed E-state index contributed by atoms with van der Waals surface area (Å²) < 4.78 is 7.63. The van der Waals surface area contributed by atoms with Gasteiger partial charge in [-0.25, -0.2) is 0 Å². The van der Waals surface area contributed by atoms with E-state index in [0.717, 1.165) is 23.2 Å². The first-order valence-corrected chi connectivity index (χ1v) is 8.65. The van der Waals surface area contributed by atoms with E-state index in [2.05, 4.69) is 9.88 Å². The van der Waals surface area contributed by atoms with Crippen molar-refractivity contribution in [3.05, 3.63) is 60.0 Å². The highest BCUT2D eigenvalue weighted by atomic mass is 16.3. The number of aromatic nitrogens is 1. The minimum atomic E-state index is -0.0444. The highest BCUT2D eigenvalue weighted by Crippen LogP contribution is 2.31. The maximum absolute atomic E-state index is 12.8. The van der Waals surface area contributed by atoms with Gasteiger partial charge in [0.05, 0.1) is 17.8 Å². The lowest BCUT2D eigenvalue weighted by Gasteiger charge is -2.27. The van der Waals surface area contributed by atoms with Crippen molar-refractivity contribution < 1.29 is 9.21 Å². The number of hydrogen-bond donors (Lipinski definition) is 1. The van der Waals surface area contributed by atoms with E-state index in [0.29, 0.717) is 11.6 Å². The Bertz CT molecular complexity index is 843. The van der Waals surface area contributed by atoms with E-state index in [1.165, 1.54) is 19.3 Å². The summed E-state index contributed by atoms with van der Waals surface area (Å²) in [7, 11) is 0. The topological polar surface area (TPSA) is 47.2 Å². The Kier molecular flexibility index (Phi) is 3.89. The van der Waals surface area contributed by atoms with Gasteiger partial charge < -0.3 is 14.3 Å². The van der Waals surface area contributed by atoms with Crippen molar-refractivity contribution >= 4 is 17.0 Å². The van der Waals surface area contributed by atoms with Gasteiger partial charge in [-0.1, -0.05) is 36.8 Å². The summed E-state index contributed by atoms with van der Waals surface area (Å²) in [5.74, 6) is 0.630. The van der Waals surface area contributed by atoms with Crippen LogP contribution in [-0.2, 0) is 6.54 Å². The first kappa shape index (κ1) is 15.1. The monoisotopic (exact) mass is 322 g/mol. The fraction of sp³-hybridized carbons (Fsp3) is 0.350. The van der Waals surface area contributed by atoms with Crippen LogP contribution < -0.4 is 5.32 Å². The van der Waals surface area contributed by atoms with E-state index in [-0.39, 0.29) is 11.9 Å². The van der Waals surface area contributed by atoms with Crippen LogP contribution in [0.1, 0.15) is 48.3 Å². The van der Waals surface area contributed by atoms with Crippen molar-refractivity contribution in [2.45, 2.75) is 38.8 Å². The van der Waals surface area contributed by atoms with Gasteiger partial charge in [0, 0.05) is 18.7 Å². The zero-order valence-electron chi connectivity index (χ0n) is 13.9. The van der Waals surface area contributed by atoms with Crippen LogP contribution in [0.5, 0.6) is 0 Å². The Morgan fingerprint density at radius 2 is 2.08 bits per heavy atom. The van der Waals surface area contributed by atoms with Crippen molar-refractivity contribution in [3.8, 4) is 0 Å². The zero-order chi connectivity index (χ0) is 16.5. The van der Waals surface area contributed by atoms with E-state index in [1.807, 2.05) is 49.4 Å². The predicted molar refractivity (Wildman–Crippen MR) is 93.9 cm³/mol. The van der Waals surface area contributed by atoms with Gasteiger partial charge in [0.1, 0.15) is 5.69 Å². The Morgan fingerprint density at radius 1 is 1.29 bits per heavy atom. The first-order valence-electron chi connectivity index (χ1n) is 8.65. The van der Waals surface area contributed by atoms with Crippen molar-refractivity contribution in [1.82, 2.24) is 9.88 Å². The van der Waals surface area contributed by atoms with Crippen LogP contribution in [-0.4, -0.2) is 10.5 Å². The number of nitrogens with zero attached hydrogens (tertiary/aromatic N) is 1. The molecule has 24 heavy (non-hydrogen) atoms. The highest BCUT2D eigenvalue weighted by molar-refractivity contribution is 5.97. The van der Waals surface area contributed by atoms with Crippen LogP contribution in [0.4, 0.5) is 0 Å². The molecule has 4 nitrogen and oxygen atoms in total. The first-order chi connectivity index (χ1) is 11.7. The Hall–Kier alpha value is -2.49. The Balaban J connectivity index is 1.59. The Morgan fingerprint density at radius 3 is 2.79 bits per heavy atom. The number of nitrogens with one attached hydrogen (secondary N) is 1. The van der Waals surface area contributed by atoms with Crippen LogP contribution in [0.25, 0.3) is 11.1 Å². The SMILES string of the molecule is C[C@@H](NC(=O)c1cc2occc2n1CC1CCC1)c1ccccc1. The smallest absolute Gasteiger partial charge is 0.268 e. The standard InChI is InChI=1S/C20H22N2O2/c1-14(16-8-3-2-4-9-16)21-20(23)18-12-19-17(10-11-24-19)22(18)13-15-6-5-7-15/h2-4,8-12,14-15H,5-7,13H2,1H3,(H,21,23)/t14-/m1/s1. The summed E-state index contributed by atoms with van der Waals surface area (Å²) in [6.07, 6.45) is 5.49. The molecule has 1 aromatic carbocycles. The minimum Gasteiger partial charge on any atom is -0.463 e. The second kappa shape index (κ2) is 6.19. The van der Waals surface area contributed by atoms with Crippen LogP contribution in [0, 0.1) is 5.92 Å². The third-order valence-corrected chi connectivity index (χ3v) is 5.07. The van der Waals surface area contributed by atoms with Gasteiger partial charge in [-0.05, 0) is 31.2 Å². The number of furan rings is 1. The third-order valence-electron chi connectivity index (χ3n) is 5.07. The number of amides is 1. The fourth-order valence-electron chi connectivity index (χ4n) is 3.39. The molecule has 124 valence electrons. The van der Waals surface area contributed by atoms with E-state index < -0.39 is 0 Å². The molecule has 4 rings (SSSR count). The van der Waals surface area contributed by atoms with Gasteiger partial charge in [0.25, 0.3) is 5.91 Å². The molecule has 1 N–H and O–H groups in total. The molecule has 1 atom stereocenters. The summed E-state index contributed by atoms with van der Waals surface area (Å²) in [4.78, 5) is 12.8. The summed E-state index contributed by atoms with van der Waals surface area (Å²) in [6, 6.07) is 13.8. The molecule has 1 amide bonds. The zero-order valence-corrected chi connectivity index (χ0v) is 13.9. The van der Waals surface area contributed by atoms with Crippen LogP contribution in [0.3, 0.4) is 0 Å². The van der Waals surface area contributed by atoms with Crippen molar-refractivity contribution in [2.24, 2.45) is 5.92 Å². The van der Waals surface area contributed by atoms with Gasteiger partial charge in [0.15, 0.2) is 5.58 Å². The molecular formula is C20H22N2O2. The lowest BCUT2D eigenvalue weighted by Crippen LogP contribution is -2.30. The van der Waals surface area contributed by atoms with Crippen LogP contribution in [0.2, 0.25) is 0 Å². The average Bonchev–Trinajstić information content (AvgIpc) is 3.13. The molecule has 1 aliphatic carbocycles. The highest BCUT2D eigenvalue weighted by Gasteiger charge is 2.24. The molecular weight excluding hydrogens is 300 g/mol. The van der Waals surface area contributed by atoms with E-state index in [4.69, 9.17) is 4.42 Å². The maximum atomic E-state index is 12.8. The molecule has 2 aromatic heterocycles. The van der Waals surface area contributed by atoms with E-state index in [9.17, 15) is 4.79 Å². The summed E-state index contributed by atoms with van der Waals surface area (Å²) in [5, 5.41) is 3.11. The molecule has 0 bridgehead atoms. The second-order valence-electron chi connectivity index (χ2n) is 6.71. The summed E-state index contributed by atoms with van der Waals surface area (Å²) in [6.45, 7) is 2.90. The molecule has 2 heterocycles. The number of rotatable bonds is 5. The molecule has 0 aliphatic heterocycles. The molecule has 0 saturated heterocycles. The number of fused-ring (bicyclic) bond motifs is 1. The molecule has 0 spiro atoms. The molecule has 1 saturated carbocycles. The molecule has 4 heteroatoms. The van der Waals surface area contributed by atoms with Gasteiger partial charge in [0.2, 0.25) is 0 Å². The summed E-state index contributed by atoms with van der Waals surface area (Å²) in [5.41, 5.74) is 3.59. The minimum absolute atomic E-state index is 0.0305. The predicted octanol–water partition coefficient (Wildman–Crippen LogP) is 4.53. The average molecular weight is 322 g/mol. The number of benzene rings is 1. The quantitative estimate of drug-likeness (QED) is 0.750. The van der Waals surface area contributed by atoms with Gasteiger partial charge in [-0.15, -0.1) is 0 Å². The van der Waals surface area contributed by atoms with Crippen molar-refractivity contribution in [1.29, 1.82) is 0 Å². The largest absolute Gasteiger partial charge is 0.463 e. The number of carbonyl (C=O) groups excluding carboxylic acids is 1. The molecule has 0 radical (unpaired) electrons. The molecule has 0 unspecified atom stereocenters. The lowest BCUT2D eigenvalue weighted by atomic mass is 9.85. The normalized spacial score (nSPS) is 16.0. The summed E-state index contributed by atoms with van der Waals surface area (Å²) >= 11 is 0. The Labute approximate surface area is 141 Å². The molecule has 1 fully saturated rings. The molecule has 3 aromatic rings. The van der Waals surface area contributed by atoms with Gasteiger partial charge in [-0.3, -0.25) is 4.79 Å². The number of carbonyl (C=O) groups is 1. The number of hydrogen-bond acceptors (Lipinski definition) is 2. The second-order valence-corrected chi connectivity index (χ2v) is 6.71. The van der Waals surface area contributed by atoms with E-state index >= 15 is 0 Å². The van der Waals surface area contributed by atoms with Crippen molar-refractivity contribution in [3.63, 3.8) is 0 Å².